The van der Waals surface area contributed by atoms with Crippen LogP contribution in [-0.4, -0.2) is 18.5 Å². The molecule has 1 fully saturated rings. The summed E-state index contributed by atoms with van der Waals surface area (Å²) in [4.78, 5) is 12.5. The highest BCUT2D eigenvalue weighted by Crippen LogP contribution is 2.31. The number of hydrogen-bond acceptors (Lipinski definition) is 2. The van der Waals surface area contributed by atoms with Gasteiger partial charge in [-0.25, -0.2) is 0 Å². The van der Waals surface area contributed by atoms with E-state index in [0.29, 0.717) is 10.0 Å². The number of amides is 1. The van der Waals surface area contributed by atoms with Crippen LogP contribution in [0.15, 0.2) is 18.2 Å². The van der Waals surface area contributed by atoms with Crippen molar-refractivity contribution < 1.29 is 4.79 Å². The van der Waals surface area contributed by atoms with Crippen molar-refractivity contribution in [3.05, 3.63) is 33.8 Å². The molecular formula is C16H22Cl2N2O. The van der Waals surface area contributed by atoms with Crippen molar-refractivity contribution >= 4 is 29.1 Å². The van der Waals surface area contributed by atoms with Gasteiger partial charge in [-0.1, -0.05) is 43.1 Å². The number of carbonyl (C=O) groups is 1. The third-order valence-electron chi connectivity index (χ3n) is 4.18. The van der Waals surface area contributed by atoms with E-state index in [1.54, 1.807) is 12.1 Å². The van der Waals surface area contributed by atoms with Crippen molar-refractivity contribution in [3.63, 3.8) is 0 Å². The Kier molecular flexibility index (Phi) is 5.18. The second kappa shape index (κ2) is 6.55. The van der Waals surface area contributed by atoms with E-state index >= 15 is 0 Å². The zero-order chi connectivity index (χ0) is 15.6. The van der Waals surface area contributed by atoms with Crippen LogP contribution < -0.4 is 10.6 Å². The Balaban J connectivity index is 2.08. The molecule has 2 N–H and O–H groups in total. The lowest BCUT2D eigenvalue weighted by Crippen LogP contribution is -2.55. The molecule has 0 bridgehead atoms. The van der Waals surface area contributed by atoms with Crippen LogP contribution in [0.3, 0.4) is 0 Å². The van der Waals surface area contributed by atoms with Gasteiger partial charge in [-0.2, -0.15) is 0 Å². The summed E-state index contributed by atoms with van der Waals surface area (Å²) in [5, 5.41) is 7.55. The molecule has 2 atom stereocenters. The molecule has 3 nitrogen and oxygen atoms in total. The lowest BCUT2D eigenvalue weighted by molar-refractivity contribution is -0.127. The fourth-order valence-corrected chi connectivity index (χ4v) is 3.46. The quantitative estimate of drug-likeness (QED) is 0.882. The second-order valence-corrected chi connectivity index (χ2v) is 7.22. The van der Waals surface area contributed by atoms with Crippen LogP contribution in [0.2, 0.25) is 10.0 Å². The van der Waals surface area contributed by atoms with E-state index < -0.39 is 0 Å². The molecule has 5 heteroatoms. The van der Waals surface area contributed by atoms with E-state index in [0.717, 1.165) is 24.9 Å². The van der Waals surface area contributed by atoms with Gasteiger partial charge in [0.15, 0.2) is 0 Å². The number of rotatable bonds is 3. The van der Waals surface area contributed by atoms with Crippen LogP contribution in [0.1, 0.15) is 45.2 Å². The van der Waals surface area contributed by atoms with Crippen molar-refractivity contribution in [1.82, 2.24) is 10.6 Å². The molecule has 0 spiro atoms. The number of piperidine rings is 1. The summed E-state index contributed by atoms with van der Waals surface area (Å²) in [5.41, 5.74) is 0.842. The fraction of sp³-hybridized carbons (Fsp3) is 0.562. The van der Waals surface area contributed by atoms with Gasteiger partial charge in [0, 0.05) is 10.0 Å². The average molecular weight is 329 g/mol. The predicted octanol–water partition coefficient (Wildman–Crippen LogP) is 3.95. The van der Waals surface area contributed by atoms with Gasteiger partial charge < -0.3 is 10.6 Å². The first-order valence-electron chi connectivity index (χ1n) is 7.30. The Hall–Kier alpha value is -0.770. The average Bonchev–Trinajstić information content (AvgIpc) is 2.37. The van der Waals surface area contributed by atoms with Gasteiger partial charge in [0.2, 0.25) is 5.91 Å². The zero-order valence-corrected chi connectivity index (χ0v) is 14.2. The minimum atomic E-state index is -0.167. The van der Waals surface area contributed by atoms with E-state index in [1.165, 1.54) is 0 Å². The molecule has 1 aromatic rings. The summed E-state index contributed by atoms with van der Waals surface area (Å²) in [7, 11) is 0. The normalized spacial score (nSPS) is 22.6. The molecule has 0 aromatic heterocycles. The summed E-state index contributed by atoms with van der Waals surface area (Å²) in [6.45, 7) is 7.08. The third kappa shape index (κ3) is 3.91. The summed E-state index contributed by atoms with van der Waals surface area (Å²) in [6.07, 6.45) is 2.16. The highest BCUT2D eigenvalue weighted by molar-refractivity contribution is 6.35. The predicted molar refractivity (Wildman–Crippen MR) is 87.8 cm³/mol. The molecule has 1 amide bonds. The van der Waals surface area contributed by atoms with Crippen LogP contribution in [0, 0.1) is 5.41 Å². The minimum absolute atomic E-state index is 0.0261. The van der Waals surface area contributed by atoms with E-state index in [-0.39, 0.29) is 23.4 Å². The van der Waals surface area contributed by atoms with Crippen molar-refractivity contribution in [2.45, 2.75) is 45.7 Å². The summed E-state index contributed by atoms with van der Waals surface area (Å²) < 4.78 is 0. The molecule has 0 saturated carbocycles. The van der Waals surface area contributed by atoms with Gasteiger partial charge in [-0.3, -0.25) is 4.79 Å². The number of benzene rings is 1. The molecule has 2 rings (SSSR count). The van der Waals surface area contributed by atoms with Crippen molar-refractivity contribution in [3.8, 4) is 0 Å². The van der Waals surface area contributed by atoms with Gasteiger partial charge >= 0.3 is 0 Å². The fourth-order valence-electron chi connectivity index (χ4n) is 2.89. The Labute approximate surface area is 136 Å². The largest absolute Gasteiger partial charge is 0.348 e. The first-order valence-corrected chi connectivity index (χ1v) is 8.05. The molecule has 1 heterocycles. The van der Waals surface area contributed by atoms with Crippen molar-refractivity contribution in [2.24, 2.45) is 5.41 Å². The molecule has 21 heavy (non-hydrogen) atoms. The molecule has 1 aliphatic heterocycles. The Bertz CT molecular complexity index is 531. The summed E-state index contributed by atoms with van der Waals surface area (Å²) in [5.74, 6) is 0.0261. The molecule has 116 valence electrons. The van der Waals surface area contributed by atoms with Crippen LogP contribution >= 0.6 is 23.2 Å². The van der Waals surface area contributed by atoms with Gasteiger partial charge in [-0.05, 0) is 49.4 Å². The maximum absolute atomic E-state index is 12.5. The molecule has 0 aliphatic carbocycles. The maximum atomic E-state index is 12.5. The van der Waals surface area contributed by atoms with Crippen LogP contribution in [-0.2, 0) is 4.79 Å². The summed E-state index contributed by atoms with van der Waals surface area (Å²) in [6, 6.07) is 5.02. The standard InChI is InChI=1S/C16H22Cl2N2O/c1-10(12-6-5-11(17)9-13(12)18)20-15(21)14-16(2,3)7-4-8-19-14/h5-6,9-10,14,19H,4,7-8H2,1-3H3,(H,20,21). The number of hydrogen-bond donors (Lipinski definition) is 2. The molecular weight excluding hydrogens is 307 g/mol. The van der Waals surface area contributed by atoms with Crippen LogP contribution in [0.25, 0.3) is 0 Å². The lowest BCUT2D eigenvalue weighted by Gasteiger charge is -2.38. The van der Waals surface area contributed by atoms with E-state index in [2.05, 4.69) is 24.5 Å². The van der Waals surface area contributed by atoms with Gasteiger partial charge in [0.25, 0.3) is 0 Å². The van der Waals surface area contributed by atoms with Gasteiger partial charge in [0.1, 0.15) is 0 Å². The van der Waals surface area contributed by atoms with Crippen LogP contribution in [0.4, 0.5) is 0 Å². The minimum Gasteiger partial charge on any atom is -0.348 e. The highest BCUT2D eigenvalue weighted by Gasteiger charge is 2.37. The number of carbonyl (C=O) groups excluding carboxylic acids is 1. The maximum Gasteiger partial charge on any atom is 0.238 e. The Morgan fingerprint density at radius 2 is 2.14 bits per heavy atom. The van der Waals surface area contributed by atoms with Gasteiger partial charge in [-0.15, -0.1) is 0 Å². The molecule has 1 aromatic carbocycles. The molecule has 1 aliphatic rings. The number of nitrogens with one attached hydrogen (secondary N) is 2. The SMILES string of the molecule is CC(NC(=O)C1NCCCC1(C)C)c1ccc(Cl)cc1Cl. The molecule has 0 radical (unpaired) electrons. The first kappa shape index (κ1) is 16.6. The monoisotopic (exact) mass is 328 g/mol. The van der Waals surface area contributed by atoms with Gasteiger partial charge in [0.05, 0.1) is 12.1 Å². The van der Waals surface area contributed by atoms with Crippen LogP contribution in [0.5, 0.6) is 0 Å². The smallest absolute Gasteiger partial charge is 0.238 e. The first-order chi connectivity index (χ1) is 9.81. The summed E-state index contributed by atoms with van der Waals surface area (Å²) >= 11 is 12.1. The van der Waals surface area contributed by atoms with Crippen molar-refractivity contribution in [1.29, 1.82) is 0 Å². The van der Waals surface area contributed by atoms with E-state index in [1.807, 2.05) is 13.0 Å². The molecule has 2 unspecified atom stereocenters. The highest BCUT2D eigenvalue weighted by atomic mass is 35.5. The Morgan fingerprint density at radius 1 is 1.43 bits per heavy atom. The second-order valence-electron chi connectivity index (χ2n) is 6.38. The zero-order valence-electron chi connectivity index (χ0n) is 12.7. The Morgan fingerprint density at radius 3 is 2.76 bits per heavy atom. The number of halogens is 2. The lowest BCUT2D eigenvalue weighted by atomic mass is 9.77. The molecule has 1 saturated heterocycles. The third-order valence-corrected chi connectivity index (χ3v) is 4.74. The van der Waals surface area contributed by atoms with Crippen molar-refractivity contribution in [2.75, 3.05) is 6.54 Å². The van der Waals surface area contributed by atoms with E-state index in [9.17, 15) is 4.79 Å². The van der Waals surface area contributed by atoms with E-state index in [4.69, 9.17) is 23.2 Å². The topological polar surface area (TPSA) is 41.1 Å².